The van der Waals surface area contributed by atoms with Crippen molar-refractivity contribution in [3.8, 4) is 17.2 Å². The highest BCUT2D eigenvalue weighted by atomic mass is 16.5. The molecule has 10 nitrogen and oxygen atoms in total. The van der Waals surface area contributed by atoms with E-state index >= 15 is 0 Å². The van der Waals surface area contributed by atoms with Crippen molar-refractivity contribution in [3.05, 3.63) is 72.8 Å². The highest BCUT2D eigenvalue weighted by Crippen LogP contribution is 2.29. The summed E-state index contributed by atoms with van der Waals surface area (Å²) in [7, 11) is 1.59. The number of hydrogen-bond acceptors (Lipinski definition) is 7. The zero-order chi connectivity index (χ0) is 27.1. The van der Waals surface area contributed by atoms with Crippen molar-refractivity contribution in [1.29, 1.82) is 0 Å². The van der Waals surface area contributed by atoms with Crippen LogP contribution in [-0.2, 0) is 23.9 Å². The lowest BCUT2D eigenvalue weighted by molar-refractivity contribution is -0.151. The van der Waals surface area contributed by atoms with E-state index in [0.29, 0.717) is 28.6 Å². The molecule has 3 aromatic rings. The van der Waals surface area contributed by atoms with E-state index in [0.717, 1.165) is 5.75 Å². The summed E-state index contributed by atoms with van der Waals surface area (Å²) in [6.45, 7) is 1.08. The Bertz CT molecular complexity index is 1310. The first kappa shape index (κ1) is 26.2. The molecule has 1 aliphatic rings. The second-order valence-corrected chi connectivity index (χ2v) is 8.59. The predicted molar refractivity (Wildman–Crippen MR) is 140 cm³/mol. The van der Waals surface area contributed by atoms with Gasteiger partial charge < -0.3 is 29.7 Å². The average molecular weight is 518 g/mol. The van der Waals surface area contributed by atoms with E-state index in [9.17, 15) is 19.2 Å². The lowest BCUT2D eigenvalue weighted by Crippen LogP contribution is -2.28. The van der Waals surface area contributed by atoms with Gasteiger partial charge in [-0.15, -0.1) is 0 Å². The smallest absolute Gasteiger partial charge is 0.311 e. The zero-order valence-electron chi connectivity index (χ0n) is 20.9. The number of carbonyl (C=O) groups excluding carboxylic acids is 4. The van der Waals surface area contributed by atoms with Crippen molar-refractivity contribution in [2.75, 3.05) is 35.8 Å². The van der Waals surface area contributed by atoms with Crippen molar-refractivity contribution in [2.45, 2.75) is 13.3 Å². The van der Waals surface area contributed by atoms with Gasteiger partial charge in [-0.2, -0.15) is 0 Å². The molecule has 1 atom stereocenters. The van der Waals surface area contributed by atoms with E-state index in [1.807, 2.05) is 0 Å². The number of rotatable bonds is 9. The van der Waals surface area contributed by atoms with Crippen LogP contribution >= 0.6 is 0 Å². The first-order valence-corrected chi connectivity index (χ1v) is 11.9. The SMILES string of the molecule is COc1ccc(Oc2ccc(N3C[C@H](C(=O)OCC(=O)Nc4ccc(NC(C)=O)cc4)CC3=O)cc2)cc1. The molecule has 0 bridgehead atoms. The number of nitrogens with zero attached hydrogens (tertiary/aromatic N) is 1. The number of nitrogens with one attached hydrogen (secondary N) is 2. The number of ether oxygens (including phenoxy) is 3. The number of esters is 1. The van der Waals surface area contributed by atoms with Crippen LogP contribution in [0.5, 0.6) is 17.2 Å². The molecule has 1 heterocycles. The molecule has 1 saturated heterocycles. The normalized spacial score (nSPS) is 14.5. The zero-order valence-corrected chi connectivity index (χ0v) is 20.9. The fourth-order valence-electron chi connectivity index (χ4n) is 3.88. The summed E-state index contributed by atoms with van der Waals surface area (Å²) in [5.74, 6) is -0.253. The molecule has 1 fully saturated rings. The van der Waals surface area contributed by atoms with Crippen LogP contribution in [0.2, 0.25) is 0 Å². The minimum absolute atomic E-state index is 0.00480. The molecule has 0 aliphatic carbocycles. The Morgan fingerprint density at radius 3 is 1.97 bits per heavy atom. The van der Waals surface area contributed by atoms with Crippen molar-refractivity contribution in [1.82, 2.24) is 0 Å². The first-order valence-electron chi connectivity index (χ1n) is 11.9. The lowest BCUT2D eigenvalue weighted by atomic mass is 10.1. The standard InChI is InChI=1S/C28H27N3O7/c1-18(32)29-20-3-5-21(6-4-20)30-26(33)17-37-28(35)19-15-27(34)31(16-19)22-7-9-24(10-8-22)38-25-13-11-23(36-2)12-14-25/h3-14,19H,15-17H2,1-2H3,(H,29,32)(H,30,33)/t19-/m1/s1. The lowest BCUT2D eigenvalue weighted by Gasteiger charge is -2.17. The van der Waals surface area contributed by atoms with Crippen molar-refractivity contribution in [2.24, 2.45) is 5.92 Å². The third-order valence-electron chi connectivity index (χ3n) is 5.74. The van der Waals surface area contributed by atoms with Gasteiger partial charge in [-0.05, 0) is 72.8 Å². The summed E-state index contributed by atoms with van der Waals surface area (Å²) in [5.41, 5.74) is 1.71. The first-order chi connectivity index (χ1) is 18.3. The summed E-state index contributed by atoms with van der Waals surface area (Å²) in [6, 6.07) is 20.6. The van der Waals surface area contributed by atoms with Crippen molar-refractivity contribution >= 4 is 40.8 Å². The van der Waals surface area contributed by atoms with Crippen LogP contribution in [0.3, 0.4) is 0 Å². The molecule has 38 heavy (non-hydrogen) atoms. The number of benzene rings is 3. The van der Waals surface area contributed by atoms with Crippen LogP contribution in [-0.4, -0.2) is 44.0 Å². The molecule has 0 spiro atoms. The van der Waals surface area contributed by atoms with E-state index in [4.69, 9.17) is 14.2 Å². The summed E-state index contributed by atoms with van der Waals surface area (Å²) < 4.78 is 16.1. The highest BCUT2D eigenvalue weighted by molar-refractivity contribution is 6.00. The minimum atomic E-state index is -0.678. The third kappa shape index (κ3) is 6.88. The van der Waals surface area contributed by atoms with Crippen LogP contribution in [0.25, 0.3) is 0 Å². The predicted octanol–water partition coefficient (Wildman–Crippen LogP) is 3.98. The molecular formula is C28H27N3O7. The van der Waals surface area contributed by atoms with Gasteiger partial charge in [0.25, 0.3) is 5.91 Å². The Hall–Kier alpha value is -4.86. The van der Waals surface area contributed by atoms with Gasteiger partial charge in [0.1, 0.15) is 17.2 Å². The number of anilines is 3. The molecule has 196 valence electrons. The molecule has 3 aromatic carbocycles. The van der Waals surface area contributed by atoms with E-state index in [1.165, 1.54) is 11.8 Å². The molecule has 2 N–H and O–H groups in total. The molecule has 4 rings (SSSR count). The van der Waals surface area contributed by atoms with E-state index in [-0.39, 0.29) is 24.8 Å². The summed E-state index contributed by atoms with van der Waals surface area (Å²) in [4.78, 5) is 49.9. The molecule has 10 heteroatoms. The maximum absolute atomic E-state index is 12.6. The number of hydrogen-bond donors (Lipinski definition) is 2. The van der Waals surface area contributed by atoms with Gasteiger partial charge in [-0.3, -0.25) is 19.2 Å². The molecule has 0 aromatic heterocycles. The van der Waals surface area contributed by atoms with E-state index in [2.05, 4.69) is 10.6 Å². The van der Waals surface area contributed by atoms with Gasteiger partial charge in [0.15, 0.2) is 6.61 Å². The Morgan fingerprint density at radius 1 is 0.842 bits per heavy atom. The molecule has 0 radical (unpaired) electrons. The van der Waals surface area contributed by atoms with Crippen LogP contribution in [0.15, 0.2) is 72.8 Å². The van der Waals surface area contributed by atoms with E-state index < -0.39 is 24.4 Å². The number of methoxy groups -OCH3 is 1. The second kappa shape index (κ2) is 11.9. The van der Waals surface area contributed by atoms with Gasteiger partial charge in [0.05, 0.1) is 13.0 Å². The van der Waals surface area contributed by atoms with Crippen LogP contribution in [0, 0.1) is 5.92 Å². The van der Waals surface area contributed by atoms with Crippen LogP contribution in [0.1, 0.15) is 13.3 Å². The maximum atomic E-state index is 12.6. The third-order valence-corrected chi connectivity index (χ3v) is 5.74. The van der Waals surface area contributed by atoms with Gasteiger partial charge in [0.2, 0.25) is 11.8 Å². The number of amides is 3. The summed E-state index contributed by atoms with van der Waals surface area (Å²) >= 11 is 0. The minimum Gasteiger partial charge on any atom is -0.497 e. The summed E-state index contributed by atoms with van der Waals surface area (Å²) in [6.07, 6.45) is -0.00480. The fourth-order valence-corrected chi connectivity index (χ4v) is 3.88. The Morgan fingerprint density at radius 2 is 1.39 bits per heavy atom. The topological polar surface area (TPSA) is 123 Å². The van der Waals surface area contributed by atoms with Gasteiger partial charge in [-0.25, -0.2) is 0 Å². The molecule has 0 saturated carbocycles. The quantitative estimate of drug-likeness (QED) is 0.412. The van der Waals surface area contributed by atoms with Gasteiger partial charge in [-0.1, -0.05) is 0 Å². The maximum Gasteiger partial charge on any atom is 0.311 e. The van der Waals surface area contributed by atoms with Crippen molar-refractivity contribution in [3.63, 3.8) is 0 Å². The van der Waals surface area contributed by atoms with Crippen LogP contribution < -0.4 is 25.0 Å². The van der Waals surface area contributed by atoms with Crippen LogP contribution in [0.4, 0.5) is 17.1 Å². The molecular weight excluding hydrogens is 490 g/mol. The Labute approximate surface area is 219 Å². The van der Waals surface area contributed by atoms with Gasteiger partial charge in [0, 0.05) is 37.0 Å². The molecule has 1 aliphatic heterocycles. The largest absolute Gasteiger partial charge is 0.497 e. The highest BCUT2D eigenvalue weighted by Gasteiger charge is 2.36. The Balaban J connectivity index is 1.25. The van der Waals surface area contributed by atoms with E-state index in [1.54, 1.807) is 79.9 Å². The average Bonchev–Trinajstić information content (AvgIpc) is 3.30. The monoisotopic (exact) mass is 517 g/mol. The van der Waals surface area contributed by atoms with Crippen molar-refractivity contribution < 1.29 is 33.4 Å². The fraction of sp³-hybridized carbons (Fsp3) is 0.214. The number of carbonyl (C=O) groups is 4. The second-order valence-electron chi connectivity index (χ2n) is 8.59. The van der Waals surface area contributed by atoms with Gasteiger partial charge >= 0.3 is 5.97 Å². The Kier molecular flexibility index (Phi) is 8.22. The molecule has 0 unspecified atom stereocenters. The molecule has 3 amide bonds. The summed E-state index contributed by atoms with van der Waals surface area (Å²) in [5, 5.41) is 5.24.